The molecule has 2 fully saturated rings. The fourth-order valence-corrected chi connectivity index (χ4v) is 3.35. The highest BCUT2D eigenvalue weighted by atomic mass is 15.1. The van der Waals surface area contributed by atoms with E-state index in [1.807, 2.05) is 0 Å². The molecule has 0 aliphatic carbocycles. The fourth-order valence-electron chi connectivity index (χ4n) is 3.35. The summed E-state index contributed by atoms with van der Waals surface area (Å²) < 4.78 is 0. The molecule has 1 heteroatoms. The molecule has 12 heavy (non-hydrogen) atoms. The normalized spacial score (nSPS) is 52.8. The lowest BCUT2D eigenvalue weighted by molar-refractivity contribution is 0.168. The van der Waals surface area contributed by atoms with Gasteiger partial charge in [-0.1, -0.05) is 13.3 Å². The van der Waals surface area contributed by atoms with E-state index in [0.29, 0.717) is 11.1 Å². The smallest absolute Gasteiger partial charge is 0.0161 e. The molecule has 2 aliphatic rings. The summed E-state index contributed by atoms with van der Waals surface area (Å²) in [6, 6.07) is 0. The molecule has 2 saturated heterocycles. The second-order valence-electron chi connectivity index (χ2n) is 5.43. The van der Waals surface area contributed by atoms with Crippen molar-refractivity contribution in [2.75, 3.05) is 0 Å². The molecule has 0 aromatic carbocycles. The molecule has 0 aromatic heterocycles. The van der Waals surface area contributed by atoms with E-state index in [-0.39, 0.29) is 0 Å². The summed E-state index contributed by atoms with van der Waals surface area (Å²) in [6.45, 7) is 7.14. The molecule has 70 valence electrons. The van der Waals surface area contributed by atoms with Crippen molar-refractivity contribution in [1.29, 1.82) is 0 Å². The largest absolute Gasteiger partial charge is 0.306 e. The van der Waals surface area contributed by atoms with Crippen LogP contribution in [0.5, 0.6) is 0 Å². The second-order valence-corrected chi connectivity index (χ2v) is 5.43. The highest BCUT2D eigenvalue weighted by molar-refractivity contribution is 5.07. The molecule has 0 unspecified atom stereocenters. The average molecular weight is 167 g/mol. The first-order valence-corrected chi connectivity index (χ1v) is 5.35. The third-order valence-corrected chi connectivity index (χ3v) is 3.89. The Morgan fingerprint density at radius 1 is 1.17 bits per heavy atom. The fraction of sp³-hybridized carbons (Fsp3) is 1.00. The molecule has 2 heterocycles. The maximum Gasteiger partial charge on any atom is 0.0161 e. The van der Waals surface area contributed by atoms with Crippen LogP contribution in [0, 0.1) is 5.92 Å². The average Bonchev–Trinajstić information content (AvgIpc) is 2.20. The summed E-state index contributed by atoms with van der Waals surface area (Å²) in [5, 5.41) is 3.81. The zero-order valence-corrected chi connectivity index (χ0v) is 8.61. The second kappa shape index (κ2) is 2.47. The Labute approximate surface area is 75.9 Å². The minimum absolute atomic E-state index is 0.480. The monoisotopic (exact) mass is 167 g/mol. The van der Waals surface area contributed by atoms with Crippen molar-refractivity contribution in [2.45, 2.75) is 64.0 Å². The van der Waals surface area contributed by atoms with Crippen molar-refractivity contribution in [3.8, 4) is 0 Å². The number of piperidine rings is 1. The first-order chi connectivity index (χ1) is 5.55. The molecule has 2 bridgehead atoms. The van der Waals surface area contributed by atoms with Gasteiger partial charge in [0.25, 0.3) is 0 Å². The van der Waals surface area contributed by atoms with Crippen molar-refractivity contribution in [3.05, 3.63) is 0 Å². The van der Waals surface area contributed by atoms with E-state index >= 15 is 0 Å². The third kappa shape index (κ3) is 1.28. The first kappa shape index (κ1) is 8.55. The van der Waals surface area contributed by atoms with E-state index in [1.54, 1.807) is 0 Å². The van der Waals surface area contributed by atoms with E-state index in [9.17, 15) is 0 Å². The van der Waals surface area contributed by atoms with Gasteiger partial charge in [-0.15, -0.1) is 0 Å². The zero-order chi connectivity index (χ0) is 8.82. The summed E-state index contributed by atoms with van der Waals surface area (Å²) in [6.07, 6.45) is 6.95. The zero-order valence-electron chi connectivity index (χ0n) is 8.61. The van der Waals surface area contributed by atoms with Crippen LogP contribution in [0.3, 0.4) is 0 Å². The van der Waals surface area contributed by atoms with Gasteiger partial charge in [-0.2, -0.15) is 0 Å². The van der Waals surface area contributed by atoms with Crippen LogP contribution in [0.4, 0.5) is 0 Å². The Hall–Kier alpha value is -0.0400. The van der Waals surface area contributed by atoms with Crippen molar-refractivity contribution in [1.82, 2.24) is 5.32 Å². The molecule has 0 saturated carbocycles. The Bertz CT molecular complexity index is 171. The van der Waals surface area contributed by atoms with Gasteiger partial charge in [-0.05, 0) is 45.4 Å². The highest BCUT2D eigenvalue weighted by Gasteiger charge is 2.47. The molecule has 0 aromatic rings. The number of fused-ring (bicyclic) bond motifs is 2. The highest BCUT2D eigenvalue weighted by Crippen LogP contribution is 2.45. The Balaban J connectivity index is 2.16. The van der Waals surface area contributed by atoms with Crippen LogP contribution < -0.4 is 5.32 Å². The summed E-state index contributed by atoms with van der Waals surface area (Å²) in [5.74, 6) is 0.976. The maximum absolute atomic E-state index is 3.81. The minimum Gasteiger partial charge on any atom is -0.306 e. The topological polar surface area (TPSA) is 12.0 Å². The van der Waals surface area contributed by atoms with E-state index in [4.69, 9.17) is 0 Å². The molecular weight excluding hydrogens is 146 g/mol. The molecule has 1 N–H and O–H groups in total. The number of hydrogen-bond donors (Lipinski definition) is 1. The van der Waals surface area contributed by atoms with Gasteiger partial charge in [0, 0.05) is 11.1 Å². The van der Waals surface area contributed by atoms with Crippen molar-refractivity contribution >= 4 is 0 Å². The lowest BCUT2D eigenvalue weighted by atomic mass is 9.79. The third-order valence-electron chi connectivity index (χ3n) is 3.89. The molecular formula is C11H21N. The van der Waals surface area contributed by atoms with Gasteiger partial charge in [0.2, 0.25) is 0 Å². The van der Waals surface area contributed by atoms with Crippen LogP contribution in [0.1, 0.15) is 52.9 Å². The van der Waals surface area contributed by atoms with Gasteiger partial charge in [-0.25, -0.2) is 0 Å². The van der Waals surface area contributed by atoms with Crippen molar-refractivity contribution in [3.63, 3.8) is 0 Å². The van der Waals surface area contributed by atoms with Gasteiger partial charge in [-0.3, -0.25) is 0 Å². The Morgan fingerprint density at radius 3 is 2.08 bits per heavy atom. The van der Waals surface area contributed by atoms with E-state index in [0.717, 1.165) is 5.92 Å². The minimum atomic E-state index is 0.480. The first-order valence-electron chi connectivity index (χ1n) is 5.35. The Kier molecular flexibility index (Phi) is 1.76. The molecule has 0 spiro atoms. The van der Waals surface area contributed by atoms with Crippen LogP contribution in [0.25, 0.3) is 0 Å². The molecule has 0 radical (unpaired) electrons. The lowest BCUT2D eigenvalue weighted by Gasteiger charge is -2.41. The molecule has 1 nitrogen and oxygen atoms in total. The van der Waals surface area contributed by atoms with E-state index in [1.165, 1.54) is 32.1 Å². The van der Waals surface area contributed by atoms with Crippen molar-refractivity contribution < 1.29 is 0 Å². The summed E-state index contributed by atoms with van der Waals surface area (Å²) in [7, 11) is 0. The predicted octanol–water partition coefficient (Wildman–Crippen LogP) is 2.71. The summed E-state index contributed by atoms with van der Waals surface area (Å²) >= 11 is 0. The maximum atomic E-state index is 3.81. The van der Waals surface area contributed by atoms with Gasteiger partial charge in [0.15, 0.2) is 0 Å². The number of rotatable bonds is 1. The van der Waals surface area contributed by atoms with Gasteiger partial charge in [0.05, 0.1) is 0 Å². The quantitative estimate of drug-likeness (QED) is 0.633. The van der Waals surface area contributed by atoms with Crippen LogP contribution in [-0.2, 0) is 0 Å². The number of hydrogen-bond acceptors (Lipinski definition) is 1. The standard InChI is InChI=1S/C11H21N/c1-4-9-7-10(2)5-6-11(3,8-9)12-10/h9,12H,4-8H2,1-3H3/t9-,10+,11-. The van der Waals surface area contributed by atoms with E-state index in [2.05, 4.69) is 26.1 Å². The van der Waals surface area contributed by atoms with Gasteiger partial charge < -0.3 is 5.32 Å². The van der Waals surface area contributed by atoms with Crippen LogP contribution in [0.2, 0.25) is 0 Å². The SMILES string of the molecule is CC[C@@H]1C[C@]2(C)CC[C@](C)(C1)N2. The summed E-state index contributed by atoms with van der Waals surface area (Å²) in [4.78, 5) is 0. The lowest BCUT2D eigenvalue weighted by Crippen LogP contribution is -2.53. The van der Waals surface area contributed by atoms with Crippen molar-refractivity contribution in [2.24, 2.45) is 5.92 Å². The molecule has 0 amide bonds. The van der Waals surface area contributed by atoms with Gasteiger partial charge >= 0.3 is 0 Å². The number of nitrogens with one attached hydrogen (secondary N) is 1. The molecule has 3 atom stereocenters. The van der Waals surface area contributed by atoms with Crippen LogP contribution in [0.15, 0.2) is 0 Å². The Morgan fingerprint density at radius 2 is 1.67 bits per heavy atom. The van der Waals surface area contributed by atoms with Gasteiger partial charge in [0.1, 0.15) is 0 Å². The van der Waals surface area contributed by atoms with E-state index < -0.39 is 0 Å². The predicted molar refractivity (Wildman–Crippen MR) is 52.2 cm³/mol. The summed E-state index contributed by atoms with van der Waals surface area (Å²) in [5.41, 5.74) is 0.960. The van der Waals surface area contributed by atoms with Crippen LogP contribution in [-0.4, -0.2) is 11.1 Å². The molecule has 2 rings (SSSR count). The van der Waals surface area contributed by atoms with Crippen LogP contribution >= 0.6 is 0 Å². The molecule has 2 aliphatic heterocycles.